The first kappa shape index (κ1) is 21.5. The van der Waals surface area contributed by atoms with Gasteiger partial charge < -0.3 is 20.3 Å². The Morgan fingerprint density at radius 3 is 2.88 bits per heavy atom. The molecule has 0 bridgehead atoms. The van der Waals surface area contributed by atoms with Gasteiger partial charge in [0.15, 0.2) is 5.96 Å². The average molecular weight is 464 g/mol. The number of guanidine groups is 1. The first-order valence-electron chi connectivity index (χ1n) is 8.14. The summed E-state index contributed by atoms with van der Waals surface area (Å²) >= 11 is 0. The van der Waals surface area contributed by atoms with E-state index in [9.17, 15) is 9.18 Å². The molecule has 0 aliphatic carbocycles. The summed E-state index contributed by atoms with van der Waals surface area (Å²) in [4.78, 5) is 17.6. The topological polar surface area (TPSA) is 66.0 Å². The Kier molecular flexibility index (Phi) is 9.54. The third kappa shape index (κ3) is 6.68. The van der Waals surface area contributed by atoms with Gasteiger partial charge in [0.25, 0.3) is 0 Å². The number of fused-ring (bicyclic) bond motifs is 1. The molecule has 0 spiro atoms. The molecule has 25 heavy (non-hydrogen) atoms. The molecular weight excluding hydrogens is 438 g/mol. The van der Waals surface area contributed by atoms with Gasteiger partial charge in [0.05, 0.1) is 19.3 Å². The van der Waals surface area contributed by atoms with E-state index < -0.39 is 6.67 Å². The minimum absolute atomic E-state index is 0. The average Bonchev–Trinajstić information content (AvgIpc) is 2.59. The number of amides is 1. The highest BCUT2D eigenvalue weighted by Gasteiger charge is 2.22. The van der Waals surface area contributed by atoms with Gasteiger partial charge in [-0.05, 0) is 12.5 Å². The molecule has 0 aromatic heterocycles. The number of likely N-dealkylation sites (N-methyl/N-ethyl adjacent to an activating group) is 1. The van der Waals surface area contributed by atoms with E-state index in [-0.39, 0.29) is 42.5 Å². The van der Waals surface area contributed by atoms with E-state index in [0.717, 1.165) is 17.7 Å². The van der Waals surface area contributed by atoms with E-state index >= 15 is 0 Å². The monoisotopic (exact) mass is 464 g/mol. The van der Waals surface area contributed by atoms with Crippen molar-refractivity contribution in [2.24, 2.45) is 4.99 Å². The minimum Gasteiger partial charge on any atom is -0.493 e. The van der Waals surface area contributed by atoms with Gasteiger partial charge in [0.1, 0.15) is 12.3 Å². The number of alkyl halides is 1. The second-order valence-corrected chi connectivity index (χ2v) is 5.79. The first-order chi connectivity index (χ1) is 11.6. The molecule has 0 saturated carbocycles. The van der Waals surface area contributed by atoms with E-state index in [1.165, 1.54) is 4.90 Å². The second-order valence-electron chi connectivity index (χ2n) is 5.79. The number of ether oxygens (including phenoxy) is 1. The van der Waals surface area contributed by atoms with Crippen molar-refractivity contribution in [2.75, 3.05) is 40.5 Å². The molecule has 2 N–H and O–H groups in total. The van der Waals surface area contributed by atoms with Crippen LogP contribution >= 0.6 is 24.0 Å². The van der Waals surface area contributed by atoms with Crippen molar-refractivity contribution in [2.45, 2.75) is 18.9 Å². The highest BCUT2D eigenvalue weighted by Crippen LogP contribution is 2.31. The number of hydrogen-bond donors (Lipinski definition) is 2. The summed E-state index contributed by atoms with van der Waals surface area (Å²) in [5.74, 6) is 1.28. The Morgan fingerprint density at radius 2 is 2.16 bits per heavy atom. The van der Waals surface area contributed by atoms with Crippen LogP contribution in [-0.4, -0.2) is 57.2 Å². The van der Waals surface area contributed by atoms with Gasteiger partial charge in [-0.3, -0.25) is 9.18 Å². The lowest BCUT2D eigenvalue weighted by atomic mass is 10.0. The van der Waals surface area contributed by atoms with Crippen LogP contribution in [-0.2, 0) is 4.79 Å². The van der Waals surface area contributed by atoms with Crippen LogP contribution in [0.5, 0.6) is 5.75 Å². The summed E-state index contributed by atoms with van der Waals surface area (Å²) in [6.07, 6.45) is 1.19. The lowest BCUT2D eigenvalue weighted by molar-refractivity contribution is -0.127. The molecule has 0 saturated heterocycles. The first-order valence-corrected chi connectivity index (χ1v) is 8.14. The van der Waals surface area contributed by atoms with Gasteiger partial charge in [0, 0.05) is 32.6 Å². The van der Waals surface area contributed by atoms with Crippen molar-refractivity contribution in [3.05, 3.63) is 29.8 Å². The van der Waals surface area contributed by atoms with Crippen LogP contribution in [0.15, 0.2) is 29.3 Å². The van der Waals surface area contributed by atoms with Crippen LogP contribution in [0.3, 0.4) is 0 Å². The third-order valence-electron chi connectivity index (χ3n) is 3.74. The number of benzene rings is 1. The summed E-state index contributed by atoms with van der Waals surface area (Å²) < 4.78 is 18.0. The number of carbonyl (C=O) groups is 1. The molecule has 0 fully saturated rings. The maximum atomic E-state index is 12.3. The number of hydrogen-bond acceptors (Lipinski definition) is 3. The van der Waals surface area contributed by atoms with Gasteiger partial charge in [-0.1, -0.05) is 18.2 Å². The number of rotatable bonds is 6. The fourth-order valence-corrected chi connectivity index (χ4v) is 2.37. The SMILES string of the molecule is CN(C)C(=O)CN=C(NCCCF)NC1CCOc2ccccc21.I. The van der Waals surface area contributed by atoms with Crippen molar-refractivity contribution in [3.8, 4) is 5.75 Å². The lowest BCUT2D eigenvalue weighted by Crippen LogP contribution is -2.42. The predicted molar refractivity (Wildman–Crippen MR) is 107 cm³/mol. The minimum atomic E-state index is -0.392. The largest absolute Gasteiger partial charge is 0.493 e. The highest BCUT2D eigenvalue weighted by atomic mass is 127. The fraction of sp³-hybridized carbons (Fsp3) is 0.529. The number of nitrogens with zero attached hydrogens (tertiary/aromatic N) is 2. The normalized spacial score (nSPS) is 16.1. The Bertz CT molecular complexity index is 584. The van der Waals surface area contributed by atoms with E-state index in [1.807, 2.05) is 24.3 Å². The predicted octanol–water partition coefficient (Wildman–Crippen LogP) is 2.11. The van der Waals surface area contributed by atoms with Crippen LogP contribution < -0.4 is 15.4 Å². The summed E-state index contributed by atoms with van der Waals surface area (Å²) in [6.45, 7) is 0.728. The highest BCUT2D eigenvalue weighted by molar-refractivity contribution is 14.0. The molecule has 1 aliphatic heterocycles. The summed E-state index contributed by atoms with van der Waals surface area (Å²) in [7, 11) is 3.38. The maximum Gasteiger partial charge on any atom is 0.243 e. The van der Waals surface area contributed by atoms with Crippen LogP contribution in [0.4, 0.5) is 4.39 Å². The van der Waals surface area contributed by atoms with Crippen LogP contribution in [0.1, 0.15) is 24.4 Å². The number of halogens is 2. The number of nitrogens with one attached hydrogen (secondary N) is 2. The van der Waals surface area contributed by atoms with E-state index in [0.29, 0.717) is 25.5 Å². The quantitative estimate of drug-likeness (QED) is 0.293. The molecule has 1 atom stereocenters. The molecule has 8 heteroatoms. The molecule has 1 heterocycles. The van der Waals surface area contributed by atoms with Crippen molar-refractivity contribution in [1.82, 2.24) is 15.5 Å². The third-order valence-corrected chi connectivity index (χ3v) is 3.74. The summed E-state index contributed by atoms with van der Waals surface area (Å²) in [6, 6.07) is 7.89. The molecule has 1 aliphatic rings. The molecular formula is C17H26FIN4O2. The molecule has 1 aromatic rings. The molecule has 1 unspecified atom stereocenters. The van der Waals surface area contributed by atoms with Gasteiger partial charge in [0.2, 0.25) is 5.91 Å². The van der Waals surface area contributed by atoms with Gasteiger partial charge in [-0.15, -0.1) is 24.0 Å². The summed E-state index contributed by atoms with van der Waals surface area (Å²) in [5.41, 5.74) is 1.06. The van der Waals surface area contributed by atoms with Crippen molar-refractivity contribution in [3.63, 3.8) is 0 Å². The van der Waals surface area contributed by atoms with Crippen LogP contribution in [0.25, 0.3) is 0 Å². The van der Waals surface area contributed by atoms with E-state index in [1.54, 1.807) is 14.1 Å². The molecule has 140 valence electrons. The molecule has 1 amide bonds. The molecule has 0 radical (unpaired) electrons. The van der Waals surface area contributed by atoms with E-state index in [2.05, 4.69) is 15.6 Å². The number of para-hydroxylation sites is 1. The Morgan fingerprint density at radius 1 is 1.40 bits per heavy atom. The Balaban J connectivity index is 0.00000312. The smallest absolute Gasteiger partial charge is 0.243 e. The van der Waals surface area contributed by atoms with Crippen molar-refractivity contribution >= 4 is 35.8 Å². The van der Waals surface area contributed by atoms with Gasteiger partial charge in [-0.25, -0.2) is 4.99 Å². The van der Waals surface area contributed by atoms with Crippen molar-refractivity contribution in [1.29, 1.82) is 0 Å². The fourth-order valence-electron chi connectivity index (χ4n) is 2.37. The zero-order valence-electron chi connectivity index (χ0n) is 14.6. The number of aliphatic imine (C=N–C) groups is 1. The maximum absolute atomic E-state index is 12.3. The Hall–Kier alpha value is -1.58. The number of carbonyl (C=O) groups excluding carboxylic acids is 1. The summed E-state index contributed by atoms with van der Waals surface area (Å²) in [5, 5.41) is 6.41. The van der Waals surface area contributed by atoms with Gasteiger partial charge >= 0.3 is 0 Å². The van der Waals surface area contributed by atoms with Crippen molar-refractivity contribution < 1.29 is 13.9 Å². The van der Waals surface area contributed by atoms with Gasteiger partial charge in [-0.2, -0.15) is 0 Å². The molecule has 1 aromatic carbocycles. The van der Waals surface area contributed by atoms with E-state index in [4.69, 9.17) is 4.74 Å². The van der Waals surface area contributed by atoms with Crippen LogP contribution in [0, 0.1) is 0 Å². The zero-order chi connectivity index (χ0) is 17.4. The molecule has 6 nitrogen and oxygen atoms in total. The van der Waals surface area contributed by atoms with Crippen LogP contribution in [0.2, 0.25) is 0 Å². The standard InChI is InChI=1S/C17H25FN4O2.HI/c1-22(2)16(23)12-20-17(19-10-5-9-18)21-14-8-11-24-15-7-4-3-6-13(14)15;/h3-4,6-7,14H,5,8-12H2,1-2H3,(H2,19,20,21);1H. The second kappa shape index (κ2) is 11.1. The molecule has 2 rings (SSSR count). The zero-order valence-corrected chi connectivity index (χ0v) is 17.0. The Labute approximate surface area is 165 Å². The lowest BCUT2D eigenvalue weighted by Gasteiger charge is -2.28.